The summed E-state index contributed by atoms with van der Waals surface area (Å²) in [6.07, 6.45) is 5.89. The first-order valence-electron chi connectivity index (χ1n) is 7.71. The zero-order chi connectivity index (χ0) is 16.5. The van der Waals surface area contributed by atoms with Gasteiger partial charge in [-0.05, 0) is 30.2 Å². The fourth-order valence-electron chi connectivity index (χ4n) is 2.82. The van der Waals surface area contributed by atoms with Crippen molar-refractivity contribution in [3.63, 3.8) is 0 Å². The van der Waals surface area contributed by atoms with E-state index in [-0.39, 0.29) is 5.56 Å². The minimum Gasteiger partial charge on any atom is -0.497 e. The summed E-state index contributed by atoms with van der Waals surface area (Å²) in [4.78, 5) is 17.0. The lowest BCUT2D eigenvalue weighted by Crippen LogP contribution is -2.21. The van der Waals surface area contributed by atoms with Gasteiger partial charge in [0, 0.05) is 25.0 Å². The van der Waals surface area contributed by atoms with Crippen LogP contribution in [0.3, 0.4) is 0 Å². The number of hydrogen-bond acceptors (Lipinski definition) is 4. The summed E-state index contributed by atoms with van der Waals surface area (Å²) in [5.41, 5.74) is 2.61. The number of aryl methyl sites for hydroxylation is 2. The predicted octanol–water partition coefficient (Wildman–Crippen LogP) is 2.30. The standard InChI is InChI=1S/C18H16N4O2/c1-24-14-4-2-13(3-5-14)7-10-21-11-8-16-15(18(21)23)12-19-17-6-9-20-22(16)17/h2-6,8-9,11-12H,7,10H2,1H3. The highest BCUT2D eigenvalue weighted by atomic mass is 16.5. The Balaban J connectivity index is 1.65. The van der Waals surface area contributed by atoms with Crippen molar-refractivity contribution >= 4 is 16.6 Å². The summed E-state index contributed by atoms with van der Waals surface area (Å²) < 4.78 is 8.55. The summed E-state index contributed by atoms with van der Waals surface area (Å²) in [6, 6.07) is 11.6. The van der Waals surface area contributed by atoms with E-state index in [2.05, 4.69) is 10.1 Å². The molecule has 0 unspecified atom stereocenters. The molecule has 0 aliphatic rings. The van der Waals surface area contributed by atoms with Gasteiger partial charge in [-0.3, -0.25) is 4.79 Å². The van der Waals surface area contributed by atoms with E-state index in [1.807, 2.05) is 42.6 Å². The van der Waals surface area contributed by atoms with Gasteiger partial charge in [-0.2, -0.15) is 5.10 Å². The van der Waals surface area contributed by atoms with Crippen molar-refractivity contribution in [3.05, 3.63) is 70.9 Å². The van der Waals surface area contributed by atoms with Crippen LogP contribution >= 0.6 is 0 Å². The van der Waals surface area contributed by atoms with E-state index in [1.165, 1.54) is 0 Å². The Morgan fingerprint density at radius 2 is 1.96 bits per heavy atom. The Kier molecular flexibility index (Phi) is 3.49. The van der Waals surface area contributed by atoms with Crippen molar-refractivity contribution in [3.8, 4) is 5.75 Å². The molecule has 0 aliphatic carbocycles. The molecule has 0 amide bonds. The molecule has 4 aromatic rings. The minimum atomic E-state index is -0.0501. The van der Waals surface area contributed by atoms with Crippen molar-refractivity contribution in [2.45, 2.75) is 13.0 Å². The molecular formula is C18H16N4O2. The molecule has 4 rings (SSSR count). The Morgan fingerprint density at radius 1 is 1.12 bits per heavy atom. The Labute approximate surface area is 137 Å². The third-order valence-corrected chi connectivity index (χ3v) is 4.16. The number of rotatable bonds is 4. The van der Waals surface area contributed by atoms with E-state index in [9.17, 15) is 4.79 Å². The number of methoxy groups -OCH3 is 1. The highest BCUT2D eigenvalue weighted by Crippen LogP contribution is 2.13. The average Bonchev–Trinajstić information content (AvgIpc) is 3.10. The molecule has 1 aromatic carbocycles. The van der Waals surface area contributed by atoms with Crippen molar-refractivity contribution in [1.29, 1.82) is 0 Å². The average molecular weight is 320 g/mol. The van der Waals surface area contributed by atoms with Gasteiger partial charge in [-0.1, -0.05) is 12.1 Å². The van der Waals surface area contributed by atoms with Crippen LogP contribution in [0.25, 0.3) is 16.6 Å². The van der Waals surface area contributed by atoms with Gasteiger partial charge in [0.1, 0.15) is 5.75 Å². The van der Waals surface area contributed by atoms with Gasteiger partial charge in [-0.15, -0.1) is 0 Å². The maximum Gasteiger partial charge on any atom is 0.261 e. The predicted molar refractivity (Wildman–Crippen MR) is 91.5 cm³/mol. The maximum absolute atomic E-state index is 12.7. The second-order valence-electron chi connectivity index (χ2n) is 5.57. The van der Waals surface area contributed by atoms with E-state index in [1.54, 1.807) is 28.6 Å². The lowest BCUT2D eigenvalue weighted by atomic mass is 10.1. The Hall–Kier alpha value is -3.15. The highest BCUT2D eigenvalue weighted by Gasteiger charge is 2.07. The van der Waals surface area contributed by atoms with Gasteiger partial charge in [-0.25, -0.2) is 9.50 Å². The first kappa shape index (κ1) is 14.4. The van der Waals surface area contributed by atoms with E-state index >= 15 is 0 Å². The van der Waals surface area contributed by atoms with Gasteiger partial charge in [0.25, 0.3) is 5.56 Å². The molecule has 120 valence electrons. The summed E-state index contributed by atoms with van der Waals surface area (Å²) in [5.74, 6) is 0.830. The molecule has 0 saturated heterocycles. The van der Waals surface area contributed by atoms with Crippen molar-refractivity contribution in [2.75, 3.05) is 7.11 Å². The van der Waals surface area contributed by atoms with Crippen LogP contribution in [0.1, 0.15) is 5.56 Å². The molecule has 0 fully saturated rings. The number of pyridine rings is 1. The number of ether oxygens (including phenoxy) is 1. The molecule has 0 aliphatic heterocycles. The minimum absolute atomic E-state index is 0.0501. The first-order valence-corrected chi connectivity index (χ1v) is 7.71. The molecular weight excluding hydrogens is 304 g/mol. The zero-order valence-electron chi connectivity index (χ0n) is 13.2. The molecule has 3 heterocycles. The maximum atomic E-state index is 12.7. The second kappa shape index (κ2) is 5.81. The highest BCUT2D eigenvalue weighted by molar-refractivity contribution is 5.78. The SMILES string of the molecule is COc1ccc(CCn2ccc3c(cnc4ccnn43)c2=O)cc1. The Bertz CT molecular complexity index is 1060. The molecule has 0 spiro atoms. The van der Waals surface area contributed by atoms with Crippen molar-refractivity contribution in [1.82, 2.24) is 19.2 Å². The molecule has 24 heavy (non-hydrogen) atoms. The largest absolute Gasteiger partial charge is 0.497 e. The Morgan fingerprint density at radius 3 is 2.75 bits per heavy atom. The zero-order valence-corrected chi connectivity index (χ0v) is 13.2. The van der Waals surface area contributed by atoms with Crippen LogP contribution in [0.2, 0.25) is 0 Å². The summed E-state index contributed by atoms with van der Waals surface area (Å²) in [6.45, 7) is 0.609. The van der Waals surface area contributed by atoms with E-state index in [0.717, 1.165) is 28.9 Å². The lowest BCUT2D eigenvalue weighted by molar-refractivity contribution is 0.414. The third kappa shape index (κ3) is 2.42. The molecule has 0 radical (unpaired) electrons. The summed E-state index contributed by atoms with van der Waals surface area (Å²) in [7, 11) is 1.65. The number of fused-ring (bicyclic) bond motifs is 3. The fraction of sp³-hybridized carbons (Fsp3) is 0.167. The van der Waals surface area contributed by atoms with Crippen LogP contribution in [0, 0.1) is 0 Å². The molecule has 0 atom stereocenters. The van der Waals surface area contributed by atoms with Gasteiger partial charge < -0.3 is 9.30 Å². The van der Waals surface area contributed by atoms with Crippen molar-refractivity contribution < 1.29 is 4.74 Å². The second-order valence-corrected chi connectivity index (χ2v) is 5.57. The number of aromatic nitrogens is 4. The molecule has 6 nitrogen and oxygen atoms in total. The number of hydrogen-bond donors (Lipinski definition) is 0. The van der Waals surface area contributed by atoms with Crippen LogP contribution in [0.5, 0.6) is 5.75 Å². The molecule has 6 heteroatoms. The topological polar surface area (TPSA) is 61.4 Å². The van der Waals surface area contributed by atoms with Gasteiger partial charge in [0.15, 0.2) is 5.65 Å². The molecule has 0 bridgehead atoms. The van der Waals surface area contributed by atoms with Crippen molar-refractivity contribution in [2.24, 2.45) is 0 Å². The quantitative estimate of drug-likeness (QED) is 0.579. The fourth-order valence-corrected chi connectivity index (χ4v) is 2.82. The lowest BCUT2D eigenvalue weighted by Gasteiger charge is -2.08. The van der Waals surface area contributed by atoms with Crippen LogP contribution in [-0.2, 0) is 13.0 Å². The van der Waals surface area contributed by atoms with E-state index < -0.39 is 0 Å². The third-order valence-electron chi connectivity index (χ3n) is 4.16. The van der Waals surface area contributed by atoms with Crippen LogP contribution in [0.15, 0.2) is 59.8 Å². The number of nitrogens with zero attached hydrogens (tertiary/aromatic N) is 4. The van der Waals surface area contributed by atoms with E-state index in [0.29, 0.717) is 11.9 Å². The molecule has 0 N–H and O–H groups in total. The normalized spacial score (nSPS) is 11.2. The molecule has 3 aromatic heterocycles. The van der Waals surface area contributed by atoms with Gasteiger partial charge in [0.05, 0.1) is 24.2 Å². The number of benzene rings is 1. The van der Waals surface area contributed by atoms with Crippen LogP contribution in [0.4, 0.5) is 0 Å². The van der Waals surface area contributed by atoms with E-state index in [4.69, 9.17) is 4.74 Å². The van der Waals surface area contributed by atoms with Gasteiger partial charge >= 0.3 is 0 Å². The summed E-state index contributed by atoms with van der Waals surface area (Å²) >= 11 is 0. The van der Waals surface area contributed by atoms with Crippen LogP contribution < -0.4 is 10.3 Å². The smallest absolute Gasteiger partial charge is 0.261 e. The molecule has 0 saturated carbocycles. The summed E-state index contributed by atoms with van der Waals surface area (Å²) in [5, 5.41) is 4.79. The van der Waals surface area contributed by atoms with Crippen LogP contribution in [-0.4, -0.2) is 26.3 Å². The monoisotopic (exact) mass is 320 g/mol. The first-order chi connectivity index (χ1) is 11.8. The van der Waals surface area contributed by atoms with Gasteiger partial charge in [0.2, 0.25) is 0 Å².